The first-order chi connectivity index (χ1) is 6.21. The standard InChI is InChI=1S/C4H10O6S4.2Na.H2O/c5-13(6,7)3-1-11-12-2-4-14(8,9)10;;;/h1-4H2,(H,5,6,7)(H,8,9,10);;;1H2/q;2*+1;/p-2. The van der Waals surface area contributed by atoms with E-state index >= 15 is 0 Å². The minimum absolute atomic E-state index is 0. The van der Waals surface area contributed by atoms with Gasteiger partial charge in [0.2, 0.25) is 0 Å². The zero-order valence-corrected chi connectivity index (χ0v) is 16.7. The van der Waals surface area contributed by atoms with Gasteiger partial charge in [-0.15, -0.1) is 0 Å². The quantitative estimate of drug-likeness (QED) is 0.192. The largest absolute Gasteiger partial charge is 1.00 e. The molecule has 0 saturated carbocycles. The van der Waals surface area contributed by atoms with Crippen LogP contribution >= 0.6 is 21.6 Å². The van der Waals surface area contributed by atoms with Crippen LogP contribution in [0.2, 0.25) is 0 Å². The summed E-state index contributed by atoms with van der Waals surface area (Å²) in [7, 11) is -6.30. The normalized spacial score (nSPS) is 10.7. The van der Waals surface area contributed by atoms with Crippen LogP contribution in [0, 0.1) is 0 Å². The van der Waals surface area contributed by atoms with Crippen LogP contribution in [-0.4, -0.2) is 54.4 Å². The summed E-state index contributed by atoms with van der Waals surface area (Å²) in [4.78, 5) is 0. The van der Waals surface area contributed by atoms with Crippen LogP contribution < -0.4 is 59.1 Å². The van der Waals surface area contributed by atoms with Gasteiger partial charge < -0.3 is 14.6 Å². The molecule has 2 N–H and O–H groups in total. The topological polar surface area (TPSA) is 146 Å². The zero-order valence-electron chi connectivity index (χ0n) is 9.41. The molecule has 0 radical (unpaired) electrons. The molecule has 94 valence electrons. The SMILES string of the molecule is O.O=S(=O)([O-])CCSSCCS(=O)(=O)[O-].[Na+].[Na+]. The fraction of sp³-hybridized carbons (Fsp3) is 1.00. The molecule has 0 spiro atoms. The third-order valence-corrected chi connectivity index (χ3v) is 5.25. The first kappa shape index (κ1) is 27.8. The Morgan fingerprint density at radius 3 is 1.18 bits per heavy atom. The molecule has 0 bridgehead atoms. The van der Waals surface area contributed by atoms with Crippen LogP contribution in [0.3, 0.4) is 0 Å². The second-order valence-electron chi connectivity index (χ2n) is 2.17. The summed E-state index contributed by atoms with van der Waals surface area (Å²) in [6.07, 6.45) is 0. The van der Waals surface area contributed by atoms with Crippen LogP contribution in [-0.2, 0) is 20.2 Å². The van der Waals surface area contributed by atoms with Gasteiger partial charge in [-0.05, 0) is 0 Å². The van der Waals surface area contributed by atoms with Gasteiger partial charge in [-0.25, -0.2) is 16.8 Å². The minimum atomic E-state index is -4.20. The second kappa shape index (κ2) is 13.5. The summed E-state index contributed by atoms with van der Waals surface area (Å²) in [5.41, 5.74) is 0. The summed E-state index contributed by atoms with van der Waals surface area (Å²) in [6.45, 7) is 0. The van der Waals surface area contributed by atoms with Gasteiger partial charge in [0, 0.05) is 23.0 Å². The molecule has 7 nitrogen and oxygen atoms in total. The molecular formula is C4H10Na2O7S4. The van der Waals surface area contributed by atoms with E-state index in [1.165, 1.54) is 0 Å². The molecule has 0 aliphatic heterocycles. The molecule has 0 unspecified atom stereocenters. The molecule has 0 aliphatic rings. The summed E-state index contributed by atoms with van der Waals surface area (Å²) in [6, 6.07) is 0. The van der Waals surface area contributed by atoms with Crippen molar-refractivity contribution in [3.63, 3.8) is 0 Å². The van der Waals surface area contributed by atoms with Crippen molar-refractivity contribution in [3.8, 4) is 0 Å². The fourth-order valence-corrected chi connectivity index (χ4v) is 4.73. The van der Waals surface area contributed by atoms with Crippen molar-refractivity contribution < 1.29 is 90.5 Å². The minimum Gasteiger partial charge on any atom is -0.748 e. The Labute approximate surface area is 153 Å². The maximum Gasteiger partial charge on any atom is 1.00 e. The average Bonchev–Trinajstić information content (AvgIpc) is 1.92. The molecule has 13 heteroatoms. The Bertz CT molecular complexity index is 316. The third-order valence-electron chi connectivity index (χ3n) is 0.917. The van der Waals surface area contributed by atoms with Crippen LogP contribution in [0.1, 0.15) is 0 Å². The third kappa shape index (κ3) is 27.6. The van der Waals surface area contributed by atoms with Crippen molar-refractivity contribution in [3.05, 3.63) is 0 Å². The van der Waals surface area contributed by atoms with E-state index in [2.05, 4.69) is 0 Å². The number of rotatable bonds is 7. The molecule has 0 heterocycles. The van der Waals surface area contributed by atoms with E-state index in [0.29, 0.717) is 0 Å². The predicted molar refractivity (Wildman–Crippen MR) is 57.7 cm³/mol. The zero-order chi connectivity index (χ0) is 11.2. The van der Waals surface area contributed by atoms with Crippen LogP contribution in [0.25, 0.3) is 0 Å². The van der Waals surface area contributed by atoms with Gasteiger partial charge in [-0.1, -0.05) is 21.6 Å². The van der Waals surface area contributed by atoms with Crippen LogP contribution in [0.5, 0.6) is 0 Å². The van der Waals surface area contributed by atoms with E-state index in [1.54, 1.807) is 0 Å². The summed E-state index contributed by atoms with van der Waals surface area (Å²) >= 11 is 0. The first-order valence-corrected chi connectivity index (χ1v) is 8.96. The van der Waals surface area contributed by atoms with Crippen molar-refractivity contribution in [2.24, 2.45) is 0 Å². The van der Waals surface area contributed by atoms with E-state index in [-0.39, 0.29) is 76.1 Å². The second-order valence-corrected chi connectivity index (χ2v) is 7.92. The summed E-state index contributed by atoms with van der Waals surface area (Å²) in [5, 5.41) is 0. The molecule has 0 rings (SSSR count). The molecule has 0 aromatic heterocycles. The Hall–Kier alpha value is 2.48. The Balaban J connectivity index is -0.000000282. The van der Waals surface area contributed by atoms with E-state index in [0.717, 1.165) is 21.6 Å². The monoisotopic (exact) mass is 344 g/mol. The predicted octanol–water partition coefficient (Wildman–Crippen LogP) is -7.36. The Morgan fingerprint density at radius 1 is 0.765 bits per heavy atom. The maximum absolute atomic E-state index is 10.1. The van der Waals surface area contributed by atoms with Gasteiger partial charge in [0.25, 0.3) is 0 Å². The van der Waals surface area contributed by atoms with Crippen molar-refractivity contribution in [1.29, 1.82) is 0 Å². The van der Waals surface area contributed by atoms with Gasteiger partial charge in [0.05, 0.1) is 20.2 Å². The number of hydrogen-bond donors (Lipinski definition) is 0. The molecule has 0 aliphatic carbocycles. The smallest absolute Gasteiger partial charge is 0.748 e. The molecular weight excluding hydrogens is 334 g/mol. The molecule has 0 aromatic rings. The summed E-state index contributed by atoms with van der Waals surface area (Å²) in [5.74, 6) is -0.797. The van der Waals surface area contributed by atoms with Gasteiger partial charge in [0.15, 0.2) is 0 Å². The van der Waals surface area contributed by atoms with Gasteiger partial charge in [-0.2, -0.15) is 0 Å². The molecule has 0 amide bonds. The van der Waals surface area contributed by atoms with E-state index < -0.39 is 31.7 Å². The van der Waals surface area contributed by atoms with Crippen molar-refractivity contribution in [2.75, 3.05) is 23.0 Å². The summed E-state index contributed by atoms with van der Waals surface area (Å²) < 4.78 is 60.6. The Kier molecular flexibility index (Phi) is 22.0. The van der Waals surface area contributed by atoms with Crippen LogP contribution in [0.4, 0.5) is 0 Å². The molecule has 0 saturated heterocycles. The van der Waals surface area contributed by atoms with Crippen LogP contribution in [0.15, 0.2) is 0 Å². The molecule has 0 aromatic carbocycles. The Morgan fingerprint density at radius 2 is 1.00 bits per heavy atom. The van der Waals surface area contributed by atoms with E-state index in [9.17, 15) is 25.9 Å². The van der Waals surface area contributed by atoms with Crippen molar-refractivity contribution in [1.82, 2.24) is 0 Å². The first-order valence-electron chi connectivity index (χ1n) is 3.32. The van der Waals surface area contributed by atoms with Gasteiger partial charge >= 0.3 is 59.1 Å². The van der Waals surface area contributed by atoms with Crippen molar-refractivity contribution in [2.45, 2.75) is 0 Å². The molecule has 0 atom stereocenters. The molecule has 0 fully saturated rings. The average molecular weight is 344 g/mol. The van der Waals surface area contributed by atoms with E-state index in [4.69, 9.17) is 0 Å². The van der Waals surface area contributed by atoms with E-state index in [1.807, 2.05) is 0 Å². The van der Waals surface area contributed by atoms with Crippen molar-refractivity contribution >= 4 is 41.8 Å². The molecule has 17 heavy (non-hydrogen) atoms. The maximum atomic E-state index is 10.1. The number of hydrogen-bond acceptors (Lipinski definition) is 8. The fourth-order valence-electron chi connectivity index (χ4n) is 0.390. The van der Waals surface area contributed by atoms with Gasteiger partial charge in [-0.3, -0.25) is 0 Å². The van der Waals surface area contributed by atoms with Gasteiger partial charge in [0.1, 0.15) is 0 Å².